The first-order chi connectivity index (χ1) is 32.6. The third-order valence-electron chi connectivity index (χ3n) is 9.73. The van der Waals surface area contributed by atoms with Gasteiger partial charge < -0.3 is 52.2 Å². The summed E-state index contributed by atoms with van der Waals surface area (Å²) in [5.74, 6) is -2.87. The topological polar surface area (TPSA) is 374 Å². The fourth-order valence-electron chi connectivity index (χ4n) is 6.60. The van der Waals surface area contributed by atoms with Gasteiger partial charge in [-0.3, -0.25) is 59.6 Å². The highest BCUT2D eigenvalue weighted by molar-refractivity contribution is 5.99. The summed E-state index contributed by atoms with van der Waals surface area (Å²) in [5.41, 5.74) is 1.11. The lowest BCUT2D eigenvalue weighted by molar-refractivity contribution is -0.479. The molecule has 0 aliphatic carbocycles. The molecular formula is C41H46N4O24. The van der Waals surface area contributed by atoms with Crippen LogP contribution in [0.25, 0.3) is 28.2 Å². The fourth-order valence-corrected chi connectivity index (χ4v) is 6.60. The first-order valence-corrected chi connectivity index (χ1v) is 20.4. The van der Waals surface area contributed by atoms with Crippen LogP contribution in [0.4, 0.5) is 0 Å². The average molecular weight is 979 g/mol. The Hall–Kier alpha value is -8.01. The van der Waals surface area contributed by atoms with Gasteiger partial charge in [-0.05, 0) is 43.7 Å². The predicted octanol–water partition coefficient (Wildman–Crippen LogP) is 2.32. The van der Waals surface area contributed by atoms with Gasteiger partial charge in [-0.25, -0.2) is 4.79 Å². The summed E-state index contributed by atoms with van der Waals surface area (Å²) in [6, 6.07) is 8.84. The molecule has 3 heterocycles. The van der Waals surface area contributed by atoms with Crippen LogP contribution in [0.5, 0.6) is 23.0 Å². The fraction of sp³-hybridized carbons (Fsp3) is 0.488. The summed E-state index contributed by atoms with van der Waals surface area (Å²) < 4.78 is 53.4. The van der Waals surface area contributed by atoms with Gasteiger partial charge in [0.25, 0.3) is 0 Å². The van der Waals surface area contributed by atoms with Crippen LogP contribution in [0.3, 0.4) is 0 Å². The van der Waals surface area contributed by atoms with Crippen molar-refractivity contribution >= 4 is 40.9 Å². The number of nitro groups is 4. The number of carbonyl (C=O) groups is 4. The van der Waals surface area contributed by atoms with Gasteiger partial charge >= 0.3 is 29.5 Å². The molecule has 28 nitrogen and oxygen atoms in total. The highest BCUT2D eigenvalue weighted by atomic mass is 16.7. The Bertz CT molecular complexity index is 2500. The number of methoxy groups -OCH3 is 3. The number of esters is 4. The lowest BCUT2D eigenvalue weighted by atomic mass is 9.98. The molecule has 5 atom stereocenters. The first kappa shape index (κ1) is 53.6. The number of carbonyl (C=O) groups excluding carboxylic acids is 4. The van der Waals surface area contributed by atoms with Crippen LogP contribution in [0.1, 0.15) is 45.1 Å². The molecule has 1 saturated heterocycles. The second-order valence-electron chi connectivity index (χ2n) is 15.1. The van der Waals surface area contributed by atoms with Gasteiger partial charge in [0.2, 0.25) is 26.2 Å². The molecule has 0 saturated carbocycles. The van der Waals surface area contributed by atoms with E-state index in [9.17, 15) is 69.5 Å². The van der Waals surface area contributed by atoms with Crippen LogP contribution in [0.2, 0.25) is 0 Å². The molecular weight excluding hydrogens is 932 g/mol. The molecule has 5 rings (SSSR count). The highest BCUT2D eigenvalue weighted by Gasteiger charge is 2.52. The van der Waals surface area contributed by atoms with Crippen LogP contribution >= 0.6 is 0 Å². The molecule has 2 aromatic carbocycles. The SMILES string of the molecule is COc1ccc(-c2c(OC)c3c(OC)c4c(cc3oc2=O)OC(C)(C)C=C4)cc1.O=C(CC[N+](=O)[O-])OCC1OC(O)C(OC(=O)CC[N+](=O)[O-])C(OC(=O)CC[N+](=O)[O-])C1OC(=O)CC[N+](=O)[O-]. The second kappa shape index (κ2) is 24.1. The van der Waals surface area contributed by atoms with Crippen molar-refractivity contribution in [2.75, 3.05) is 54.1 Å². The zero-order chi connectivity index (χ0) is 51.2. The smallest absolute Gasteiger partial charge is 0.347 e. The van der Waals surface area contributed by atoms with Crippen molar-refractivity contribution < 1.29 is 91.0 Å². The van der Waals surface area contributed by atoms with E-state index in [-0.39, 0.29) is 0 Å². The Balaban J connectivity index is 0.000000314. The second-order valence-corrected chi connectivity index (χ2v) is 15.1. The molecule has 1 fully saturated rings. The van der Waals surface area contributed by atoms with Gasteiger partial charge in [-0.1, -0.05) is 12.1 Å². The molecule has 1 aromatic heterocycles. The van der Waals surface area contributed by atoms with Crippen molar-refractivity contribution in [2.45, 2.75) is 75.8 Å². The maximum atomic E-state index is 12.9. The van der Waals surface area contributed by atoms with Crippen LogP contribution in [-0.4, -0.2) is 139 Å². The summed E-state index contributed by atoms with van der Waals surface area (Å²) in [4.78, 5) is 100. The van der Waals surface area contributed by atoms with E-state index in [0.29, 0.717) is 45.1 Å². The number of ether oxygens (including phenoxy) is 9. The van der Waals surface area contributed by atoms with Crippen LogP contribution in [0.15, 0.2) is 45.6 Å². The Kier molecular flexibility index (Phi) is 18.8. The van der Waals surface area contributed by atoms with Crippen molar-refractivity contribution in [3.63, 3.8) is 0 Å². The molecule has 0 bridgehead atoms. The van der Waals surface area contributed by atoms with Crippen molar-refractivity contribution in [1.29, 1.82) is 0 Å². The maximum absolute atomic E-state index is 12.9. The number of hydrogen-bond acceptors (Lipinski definition) is 24. The quantitative estimate of drug-likeness (QED) is 0.0526. The average Bonchev–Trinajstić information content (AvgIpc) is 3.28. The van der Waals surface area contributed by atoms with Gasteiger partial charge in [0.15, 0.2) is 24.6 Å². The van der Waals surface area contributed by atoms with Crippen LogP contribution in [0, 0.1) is 40.5 Å². The van der Waals surface area contributed by atoms with E-state index in [1.165, 1.54) is 7.11 Å². The number of fused-ring (bicyclic) bond motifs is 2. The van der Waals surface area contributed by atoms with Gasteiger partial charge in [-0.2, -0.15) is 0 Å². The molecule has 0 amide bonds. The summed E-state index contributed by atoms with van der Waals surface area (Å²) in [6.45, 7) is -0.557. The number of aliphatic hydroxyl groups is 1. The maximum Gasteiger partial charge on any atom is 0.347 e. The summed E-state index contributed by atoms with van der Waals surface area (Å²) in [5, 5.41) is 53.2. The molecule has 2 aliphatic rings. The monoisotopic (exact) mass is 978 g/mol. The Morgan fingerprint density at radius 2 is 1.19 bits per heavy atom. The summed E-state index contributed by atoms with van der Waals surface area (Å²) in [6.07, 6.45) is -9.26. The van der Waals surface area contributed by atoms with Gasteiger partial charge in [0.1, 0.15) is 83.5 Å². The van der Waals surface area contributed by atoms with E-state index in [4.69, 9.17) is 47.0 Å². The third kappa shape index (κ3) is 15.0. The first-order valence-electron chi connectivity index (χ1n) is 20.4. The van der Waals surface area contributed by atoms with Crippen molar-refractivity contribution in [2.24, 2.45) is 0 Å². The minimum atomic E-state index is -2.22. The van der Waals surface area contributed by atoms with Crippen molar-refractivity contribution in [3.05, 3.63) is 92.8 Å². The van der Waals surface area contributed by atoms with E-state index < -0.39 is 144 Å². The summed E-state index contributed by atoms with van der Waals surface area (Å²) in [7, 11) is 4.68. The molecule has 28 heteroatoms. The molecule has 3 aromatic rings. The van der Waals surface area contributed by atoms with E-state index in [1.54, 1.807) is 44.6 Å². The number of benzene rings is 2. The van der Waals surface area contributed by atoms with Crippen LogP contribution in [-0.2, 0) is 42.9 Å². The lowest BCUT2D eigenvalue weighted by Gasteiger charge is -2.42. The summed E-state index contributed by atoms with van der Waals surface area (Å²) >= 11 is 0. The Labute approximate surface area is 388 Å². The van der Waals surface area contributed by atoms with Crippen molar-refractivity contribution in [3.8, 4) is 34.1 Å². The molecule has 69 heavy (non-hydrogen) atoms. The third-order valence-corrected chi connectivity index (χ3v) is 9.73. The van der Waals surface area contributed by atoms with E-state index in [2.05, 4.69) is 0 Å². The zero-order valence-electron chi connectivity index (χ0n) is 37.4. The van der Waals surface area contributed by atoms with Gasteiger partial charge in [0, 0.05) is 25.8 Å². The highest BCUT2D eigenvalue weighted by Crippen LogP contribution is 2.47. The van der Waals surface area contributed by atoms with Gasteiger partial charge in [-0.15, -0.1) is 0 Å². The van der Waals surface area contributed by atoms with Crippen LogP contribution < -0.4 is 24.6 Å². The zero-order valence-corrected chi connectivity index (χ0v) is 37.4. The number of nitrogens with zero attached hydrogens (tertiary/aromatic N) is 4. The molecule has 0 radical (unpaired) electrons. The molecule has 1 N–H and O–H groups in total. The standard InChI is InChI=1S/C23H22O6.C18H24N4O18/c1-23(2)11-10-15-16(29-23)12-17-19(20(15)26-4)21(27-5)18(22(24)28-17)13-6-8-14(25-3)9-7-13;23-11(1-5-19(28)29)36-9-10-15(38-12(24)2-6-20(30)31)16(39-13(25)3-7-21(32)33)17(18(27)37-10)40-14(26)4-8-22(34)35/h6-12H,1-5H3;10,15-18,27H,1-9H2. The molecule has 5 unspecified atom stereocenters. The van der Waals surface area contributed by atoms with E-state index in [1.807, 2.05) is 26.0 Å². The number of aliphatic hydroxyl groups excluding tert-OH is 1. The minimum absolute atomic E-state index is 0.321. The normalized spacial score (nSPS) is 18.7. The number of rotatable bonds is 21. The molecule has 0 spiro atoms. The largest absolute Gasteiger partial charge is 0.497 e. The van der Waals surface area contributed by atoms with Crippen molar-refractivity contribution in [1.82, 2.24) is 0 Å². The predicted molar refractivity (Wildman–Crippen MR) is 229 cm³/mol. The Morgan fingerprint density at radius 3 is 1.68 bits per heavy atom. The minimum Gasteiger partial charge on any atom is -0.497 e. The number of hydrogen-bond donors (Lipinski definition) is 1. The molecule has 2 aliphatic heterocycles. The van der Waals surface area contributed by atoms with E-state index >= 15 is 0 Å². The lowest BCUT2D eigenvalue weighted by Crippen LogP contribution is -2.62. The Morgan fingerprint density at radius 1 is 0.696 bits per heavy atom. The van der Waals surface area contributed by atoms with Gasteiger partial charge in [0.05, 0.1) is 26.9 Å². The molecule has 374 valence electrons. The van der Waals surface area contributed by atoms with E-state index in [0.717, 1.165) is 5.56 Å².